The molecule has 0 bridgehead atoms. The quantitative estimate of drug-likeness (QED) is 0.136. The van der Waals surface area contributed by atoms with Gasteiger partial charge in [-0.15, -0.1) is 0 Å². The molecule has 2 aromatic carbocycles. The summed E-state index contributed by atoms with van der Waals surface area (Å²) in [5.74, 6) is 0.251. The Kier molecular flexibility index (Phi) is 13.5. The second kappa shape index (κ2) is 15.7. The van der Waals surface area contributed by atoms with Crippen LogP contribution in [0, 0.1) is 0 Å². The van der Waals surface area contributed by atoms with Crippen molar-refractivity contribution in [1.82, 2.24) is 15.0 Å². The average Bonchev–Trinajstić information content (AvgIpc) is 2.93. The number of anilines is 4. The summed E-state index contributed by atoms with van der Waals surface area (Å²) in [5.41, 5.74) is 0.665. The molecule has 17 heteroatoms. The van der Waals surface area contributed by atoms with Crippen molar-refractivity contribution in [3.63, 3.8) is 0 Å². The van der Waals surface area contributed by atoms with E-state index in [0.29, 0.717) is 11.3 Å². The fourth-order valence-corrected chi connectivity index (χ4v) is 6.48. The van der Waals surface area contributed by atoms with Gasteiger partial charge in [-0.05, 0) is 29.3 Å². The van der Waals surface area contributed by atoms with Gasteiger partial charge < -0.3 is 29.7 Å². The fourth-order valence-electron chi connectivity index (χ4n) is 4.05. The monoisotopic (exact) mass is 644 g/mol. The Balaban J connectivity index is 0.00000323. The Morgan fingerprint density at radius 1 is 0.953 bits per heavy atom. The Labute approximate surface area is 294 Å². The van der Waals surface area contributed by atoms with Crippen molar-refractivity contribution in [1.29, 1.82) is 0 Å². The van der Waals surface area contributed by atoms with Crippen molar-refractivity contribution >= 4 is 49.5 Å². The van der Waals surface area contributed by atoms with Gasteiger partial charge in [0, 0.05) is 31.4 Å². The first-order valence-electron chi connectivity index (χ1n) is 12.2. The van der Waals surface area contributed by atoms with E-state index in [1.165, 1.54) is 6.08 Å². The summed E-state index contributed by atoms with van der Waals surface area (Å²) in [7, 11) is -9.72. The van der Waals surface area contributed by atoms with E-state index >= 15 is 0 Å². The van der Waals surface area contributed by atoms with Gasteiger partial charge in [-0.25, -0.2) is 16.8 Å². The molecule has 0 saturated heterocycles. The number of likely N-dealkylation sites (N-methyl/N-ethyl adjacent to an activating group) is 1. The summed E-state index contributed by atoms with van der Waals surface area (Å²) in [6, 6.07) is 17.4. The summed E-state index contributed by atoms with van der Waals surface area (Å²) >= 11 is 0. The normalized spacial score (nSPS) is 14.5. The molecule has 0 aliphatic heterocycles. The van der Waals surface area contributed by atoms with Crippen molar-refractivity contribution in [2.24, 2.45) is 0 Å². The number of nitrogens with one attached hydrogen (secondary N) is 2. The zero-order valence-corrected chi connectivity index (χ0v) is 29.3. The second-order valence-corrected chi connectivity index (χ2v) is 12.4. The number of para-hydroxylation sites is 1. The Morgan fingerprint density at radius 2 is 1.53 bits per heavy atom. The van der Waals surface area contributed by atoms with Crippen molar-refractivity contribution in [3.05, 3.63) is 96.1 Å². The van der Waals surface area contributed by atoms with E-state index in [-0.39, 0.29) is 95.8 Å². The first kappa shape index (κ1) is 37.0. The van der Waals surface area contributed by atoms with Gasteiger partial charge in [0.25, 0.3) is 0 Å². The molecule has 0 radical (unpaired) electrons. The maximum Gasteiger partial charge on any atom is 1.00 e. The van der Waals surface area contributed by atoms with E-state index in [1.54, 1.807) is 54.4 Å². The molecule has 3 N–H and O–H groups in total. The molecular formula is C26H26N6Na2O7S2. The molecule has 4 rings (SSSR count). The number of aliphatic hydroxyl groups is 1. The summed E-state index contributed by atoms with van der Waals surface area (Å²) < 4.78 is 70.6. The molecule has 0 saturated carbocycles. The number of aromatic nitrogens is 3. The van der Waals surface area contributed by atoms with Crippen LogP contribution in [0.2, 0.25) is 0 Å². The van der Waals surface area contributed by atoms with E-state index in [9.17, 15) is 31.0 Å². The van der Waals surface area contributed by atoms with Crippen LogP contribution in [0.4, 0.5) is 23.5 Å². The minimum absolute atomic E-state index is 0. The van der Waals surface area contributed by atoms with Gasteiger partial charge in [0.1, 0.15) is 20.2 Å². The first-order valence-corrected chi connectivity index (χ1v) is 15.0. The molecule has 0 amide bonds. The zero-order chi connectivity index (χ0) is 29.7. The molecule has 13 nitrogen and oxygen atoms in total. The molecular weight excluding hydrogens is 618 g/mol. The number of allylic oxidation sites excluding steroid dienone is 4. The Hall–Kier alpha value is -2.15. The van der Waals surface area contributed by atoms with Gasteiger partial charge in [0.2, 0.25) is 17.8 Å². The predicted molar refractivity (Wildman–Crippen MR) is 152 cm³/mol. The molecule has 1 heterocycles. The molecule has 0 atom stereocenters. The van der Waals surface area contributed by atoms with E-state index in [1.807, 2.05) is 18.2 Å². The summed E-state index contributed by atoms with van der Waals surface area (Å²) in [6.45, 7) is 0.0126. The van der Waals surface area contributed by atoms with Crippen LogP contribution in [0.1, 0.15) is 12.0 Å². The van der Waals surface area contributed by atoms with Crippen molar-refractivity contribution in [2.75, 3.05) is 35.7 Å². The standard InChI is InChI=1S/C26H28N6O7S2.2Na/c1-32(16-17-33)25-30-23(27-21-13-6-3-7-14-21)29-24(31-25)28-22(19-10-4-2-5-11-19)18-20-12-8-9-15-26(20,40(34,35)36)41(37,38)39;;/h2-14,18,33H,15-17H2,1H3,(H,34,35,36)(H,37,38,39)(H2,27,28,29,30,31);;/q;2*+1/p-2. The second-order valence-electron chi connectivity index (χ2n) is 8.88. The number of hydrogen-bond acceptors (Lipinski definition) is 13. The van der Waals surface area contributed by atoms with Gasteiger partial charge in [-0.2, -0.15) is 15.0 Å². The van der Waals surface area contributed by atoms with Crippen LogP contribution >= 0.6 is 0 Å². The number of benzene rings is 2. The summed E-state index contributed by atoms with van der Waals surface area (Å²) in [5, 5.41) is 15.4. The molecule has 216 valence electrons. The topological polar surface area (TPSA) is 201 Å². The van der Waals surface area contributed by atoms with E-state index in [2.05, 4.69) is 25.6 Å². The SMILES string of the molecule is CN(CCO)c1nc(NC(=CC2=CC=CCC2(S(=O)(=O)[O-])S(=O)(=O)[O-])c2ccccc2)nc(Nc2ccccc2)n1.[Na+].[Na+]. The minimum atomic E-state index is -5.68. The van der Waals surface area contributed by atoms with Gasteiger partial charge in [0.15, 0.2) is 4.08 Å². The first-order chi connectivity index (χ1) is 19.4. The van der Waals surface area contributed by atoms with Crippen LogP contribution in [-0.2, 0) is 20.2 Å². The number of aliphatic hydroxyl groups excluding tert-OH is 1. The predicted octanol–water partition coefficient (Wildman–Crippen LogP) is -3.82. The van der Waals surface area contributed by atoms with Gasteiger partial charge in [-0.3, -0.25) is 0 Å². The zero-order valence-electron chi connectivity index (χ0n) is 23.7. The summed E-state index contributed by atoms with van der Waals surface area (Å²) in [4.78, 5) is 14.8. The van der Waals surface area contributed by atoms with Crippen LogP contribution < -0.4 is 74.6 Å². The number of rotatable bonds is 11. The van der Waals surface area contributed by atoms with Crippen LogP contribution in [-0.4, -0.2) is 70.3 Å². The molecule has 0 unspecified atom stereocenters. The molecule has 1 aliphatic carbocycles. The Bertz CT molecular complexity index is 1670. The summed E-state index contributed by atoms with van der Waals surface area (Å²) in [6.07, 6.45) is 3.84. The molecule has 1 aromatic heterocycles. The molecule has 0 spiro atoms. The third kappa shape index (κ3) is 8.73. The molecule has 0 fully saturated rings. The molecule has 1 aliphatic rings. The molecule has 43 heavy (non-hydrogen) atoms. The van der Waals surface area contributed by atoms with Crippen LogP contribution in [0.3, 0.4) is 0 Å². The third-order valence-electron chi connectivity index (χ3n) is 6.11. The van der Waals surface area contributed by atoms with Crippen LogP contribution in [0.5, 0.6) is 0 Å². The maximum absolute atomic E-state index is 12.3. The largest absolute Gasteiger partial charge is 1.00 e. The van der Waals surface area contributed by atoms with Gasteiger partial charge in [0.05, 0.1) is 6.61 Å². The average molecular weight is 645 g/mol. The maximum atomic E-state index is 12.3. The van der Waals surface area contributed by atoms with Crippen molar-refractivity contribution < 1.29 is 90.2 Å². The Morgan fingerprint density at radius 3 is 2.12 bits per heavy atom. The van der Waals surface area contributed by atoms with Crippen molar-refractivity contribution in [3.8, 4) is 0 Å². The van der Waals surface area contributed by atoms with Crippen molar-refractivity contribution in [2.45, 2.75) is 10.5 Å². The van der Waals surface area contributed by atoms with E-state index < -0.39 is 36.3 Å². The molecule has 3 aromatic rings. The van der Waals surface area contributed by atoms with Gasteiger partial charge in [-0.1, -0.05) is 66.8 Å². The van der Waals surface area contributed by atoms with Crippen LogP contribution in [0.15, 0.2) is 90.5 Å². The number of hydrogen-bond donors (Lipinski definition) is 3. The van der Waals surface area contributed by atoms with E-state index in [4.69, 9.17) is 0 Å². The van der Waals surface area contributed by atoms with E-state index in [0.717, 1.165) is 18.2 Å². The fraction of sp³-hybridized carbons (Fsp3) is 0.192. The smallest absolute Gasteiger partial charge is 0.746 e. The number of nitrogens with zero attached hydrogens (tertiary/aromatic N) is 4. The van der Waals surface area contributed by atoms with Gasteiger partial charge >= 0.3 is 59.1 Å². The minimum Gasteiger partial charge on any atom is -0.746 e. The third-order valence-corrected chi connectivity index (χ3v) is 9.75. The van der Waals surface area contributed by atoms with Crippen LogP contribution in [0.25, 0.3) is 5.70 Å².